The second kappa shape index (κ2) is 18.2. The molecule has 484 valence electrons. The molecule has 12 aliphatic carbocycles. The van der Waals surface area contributed by atoms with Crippen LogP contribution in [0.1, 0.15) is 146 Å². The Balaban J connectivity index is 0.798. The van der Waals surface area contributed by atoms with Crippen molar-refractivity contribution in [2.45, 2.75) is 189 Å². The van der Waals surface area contributed by atoms with E-state index in [0.29, 0.717) is 79.1 Å². The molecule has 0 amide bonds. The third-order valence-corrected chi connectivity index (χ3v) is 33.0. The molecule has 0 radical (unpaired) electrons. The Morgan fingerprint density at radius 1 is 0.935 bits per heavy atom. The zero-order valence-corrected chi connectivity index (χ0v) is 53.7. The van der Waals surface area contributed by atoms with Crippen LogP contribution in [0.4, 0.5) is 0 Å². The predicted molar refractivity (Wildman–Crippen MR) is 336 cm³/mol. The summed E-state index contributed by atoms with van der Waals surface area (Å²) < 4.78 is 38.4. The lowest BCUT2D eigenvalue weighted by atomic mass is 9.28. The number of ketones is 1. The Morgan fingerprint density at radius 2 is 1.83 bits per heavy atom. The lowest BCUT2D eigenvalue weighted by Crippen LogP contribution is -2.84. The number of aliphatic hydroxyl groups is 3. The van der Waals surface area contributed by atoms with Gasteiger partial charge >= 0.3 is 11.9 Å². The molecular weight excluding hydrogens is 1150 g/mol. The fourth-order valence-corrected chi connectivity index (χ4v) is 30.4. The Labute approximate surface area is 540 Å². The van der Waals surface area contributed by atoms with Gasteiger partial charge in [-0.2, -0.15) is 0 Å². The molecule has 13 nitrogen and oxygen atoms in total. The Morgan fingerprint density at radius 3 is 2.71 bits per heavy atom. The summed E-state index contributed by atoms with van der Waals surface area (Å²) >= 11 is 0. The number of epoxide rings is 1. The molecule has 7 aliphatic heterocycles. The van der Waals surface area contributed by atoms with Crippen LogP contribution in [0.25, 0.3) is 0 Å². The lowest BCUT2D eigenvalue weighted by molar-refractivity contribution is -0.320. The van der Waals surface area contributed by atoms with Crippen molar-refractivity contribution in [1.82, 2.24) is 10.2 Å². The first-order valence-corrected chi connectivity index (χ1v) is 36.8. The molecule has 1 aromatic carbocycles. The van der Waals surface area contributed by atoms with E-state index >= 15 is 19.5 Å². The zero-order chi connectivity index (χ0) is 61.7. The molecule has 8 heterocycles. The van der Waals surface area contributed by atoms with Crippen LogP contribution >= 0.6 is 0 Å². The molecule has 92 heavy (non-hydrogen) atoms. The highest BCUT2D eigenvalue weighted by Crippen LogP contribution is 2.94. The molecular formula is C79H92N2O11. The molecule has 13 heteroatoms. The van der Waals surface area contributed by atoms with Gasteiger partial charge < -0.3 is 43.6 Å². The monoisotopic (exact) mass is 1240 g/mol. The van der Waals surface area contributed by atoms with Crippen molar-refractivity contribution in [1.29, 1.82) is 0 Å². The molecule has 5 saturated heterocycles. The number of hydrogen-bond donors (Lipinski definition) is 4. The number of hydrogen-bond acceptors (Lipinski definition) is 13. The number of carbonyl (C=O) groups excluding carboxylic acids is 3. The highest BCUT2D eigenvalue weighted by atomic mass is 16.7. The number of aliphatic hydroxyl groups excluding tert-OH is 3. The van der Waals surface area contributed by atoms with Crippen LogP contribution in [0.2, 0.25) is 0 Å². The maximum absolute atomic E-state index is 18.2. The largest absolute Gasteiger partial charge is 0.469 e. The van der Waals surface area contributed by atoms with Crippen LogP contribution < -0.4 is 5.32 Å². The number of allylic oxidation sites excluding steroid dienone is 3. The average molecular weight is 1250 g/mol. The minimum atomic E-state index is -1.59. The molecule has 21 rings (SSSR count). The first-order chi connectivity index (χ1) is 44.7. The molecule has 30 atom stereocenters. The number of Topliss-reactive ketones (excluding diaryl/α,β-unsaturated/α-hetero) is 1. The number of cyclic esters (lactones) is 1. The Bertz CT molecular complexity index is 3770. The van der Waals surface area contributed by atoms with Crippen LogP contribution in [0, 0.1) is 139 Å². The summed E-state index contributed by atoms with van der Waals surface area (Å²) in [5.41, 5.74) is -8.12. The fourth-order valence-electron chi connectivity index (χ4n) is 30.4. The number of esters is 2. The van der Waals surface area contributed by atoms with Gasteiger partial charge in [0.15, 0.2) is 17.5 Å². The standard InChI is InChI=1S/C79H92N2O11/c1-43-54-13-6-11-47(54)19-25-71(43)22-8-23-74-62(71)34-53-33-52-30-46-18-26-75-69(87)89-41-73(78(53,75)92-74)64-51(38-72(52,75)36-46)37-70(2)76(57-21-28-88-61(57)35-56(60(83)40-82)49-16-17-55-50(32-49)20-27-81-42-80-39-59(55)81)24-7-12-48-15-14-45(29-44-9-4-3-5-10-44)31-58(48)77(64,66(85)63(84)65(73)74)79(70)67(90-79)68(86)91-76/h3-5,8-10,18,20-22,26-28,34,43,45-52,54-56,58-60,62,64-67,80,82-83,85H,6,11,13-17,19,23-25,29-33,35-42H2,1-2H3. The van der Waals surface area contributed by atoms with Gasteiger partial charge in [-0.25, -0.2) is 4.79 Å². The summed E-state index contributed by atoms with van der Waals surface area (Å²) in [5.74, 6) is 7.82. The van der Waals surface area contributed by atoms with Crippen molar-refractivity contribution in [3.05, 3.63) is 108 Å². The molecule has 14 fully saturated rings. The SMILES string of the molecule is CC1C2CCCC2CCC12C=CCC13OC45C(=CC21)CC1CC2C=CC46C(=O)OCC54C3C(=O)C(O)C35C7CC(Cc8ccccc8)CCC7C#CCC7(c8ccoc8CC(C(O)CO)C8CCC9C(C=CN%10CNCC9%10)C8)OC(=O)C8OC83C7(C)CC(CC16C2)C45. The van der Waals surface area contributed by atoms with E-state index in [0.717, 1.165) is 83.8 Å². The van der Waals surface area contributed by atoms with Crippen molar-refractivity contribution in [3.63, 3.8) is 0 Å². The van der Waals surface area contributed by atoms with E-state index in [-0.39, 0.29) is 77.5 Å². The molecule has 8 spiro atoms. The van der Waals surface area contributed by atoms with Gasteiger partial charge in [0.2, 0.25) is 0 Å². The fraction of sp³-hybridized carbons (Fsp3) is 0.709. The normalized spacial score (nSPS) is 55.0. The first kappa shape index (κ1) is 56.4. The highest BCUT2D eigenvalue weighted by Gasteiger charge is 3.02. The summed E-state index contributed by atoms with van der Waals surface area (Å²) in [6.07, 6.45) is 31.6. The second-order valence-electron chi connectivity index (χ2n) is 34.9. The van der Waals surface area contributed by atoms with Crippen molar-refractivity contribution >= 4 is 17.7 Å². The summed E-state index contributed by atoms with van der Waals surface area (Å²) in [4.78, 5) is 53.5. The van der Waals surface area contributed by atoms with Gasteiger partial charge in [-0.1, -0.05) is 105 Å². The highest BCUT2D eigenvalue weighted by molar-refractivity contribution is 5.96. The smallest absolute Gasteiger partial charge is 0.339 e. The number of nitrogens with one attached hydrogen (secondary N) is 1. The van der Waals surface area contributed by atoms with E-state index in [4.69, 9.17) is 23.4 Å². The summed E-state index contributed by atoms with van der Waals surface area (Å²) in [6.45, 7) is 6.25. The maximum Gasteiger partial charge on any atom is 0.339 e. The lowest BCUT2D eigenvalue weighted by Gasteiger charge is -2.74. The van der Waals surface area contributed by atoms with Crippen molar-refractivity contribution in [2.24, 2.45) is 127 Å². The summed E-state index contributed by atoms with van der Waals surface area (Å²) in [5, 5.41) is 42.2. The van der Waals surface area contributed by atoms with Crippen molar-refractivity contribution in [3.8, 4) is 11.8 Å². The van der Waals surface area contributed by atoms with Gasteiger partial charge in [0, 0.05) is 52.7 Å². The minimum Gasteiger partial charge on any atom is -0.469 e. The number of ether oxygens (including phenoxy) is 4. The van der Waals surface area contributed by atoms with Crippen LogP contribution in [-0.2, 0) is 51.8 Å². The number of furan rings is 1. The predicted octanol–water partition coefficient (Wildman–Crippen LogP) is 10.1. The maximum atomic E-state index is 18.2. The zero-order valence-electron chi connectivity index (χ0n) is 53.7. The van der Waals surface area contributed by atoms with E-state index in [1.807, 2.05) is 6.07 Å². The number of carbonyl (C=O) groups is 3. The third kappa shape index (κ3) is 5.96. The number of fused-ring (bicyclic) bond motifs is 7. The van der Waals surface area contributed by atoms with Crippen molar-refractivity contribution in [2.75, 3.05) is 26.4 Å². The summed E-state index contributed by atoms with van der Waals surface area (Å²) in [6, 6.07) is 13.2. The van der Waals surface area contributed by atoms with Gasteiger partial charge in [-0.3, -0.25) is 14.9 Å². The van der Waals surface area contributed by atoms with Crippen LogP contribution in [0.3, 0.4) is 0 Å². The topological polar surface area (TPSA) is 181 Å². The van der Waals surface area contributed by atoms with Gasteiger partial charge in [0.1, 0.15) is 35.1 Å². The molecule has 19 aliphatic rings. The molecule has 2 aromatic rings. The van der Waals surface area contributed by atoms with E-state index in [1.54, 1.807) is 6.26 Å². The summed E-state index contributed by atoms with van der Waals surface area (Å²) in [7, 11) is 0. The van der Waals surface area contributed by atoms with Gasteiger partial charge in [0.05, 0.1) is 49.0 Å². The van der Waals surface area contributed by atoms with Crippen LogP contribution in [0.15, 0.2) is 95.3 Å². The molecule has 9 saturated carbocycles. The Kier molecular flexibility index (Phi) is 11.2. The second-order valence-corrected chi connectivity index (χ2v) is 34.9. The quantitative estimate of drug-likeness (QED) is 0.0850. The van der Waals surface area contributed by atoms with Gasteiger partial charge in [0.25, 0.3) is 0 Å². The molecule has 4 N–H and O–H groups in total. The third-order valence-electron chi connectivity index (χ3n) is 33.0. The van der Waals surface area contributed by atoms with Crippen LogP contribution in [0.5, 0.6) is 0 Å². The number of nitrogens with zero attached hydrogens (tertiary/aromatic N) is 1. The Hall–Kier alpha value is -4.81. The average Bonchev–Trinajstić information content (AvgIpc) is 1.40. The molecule has 30 unspecified atom stereocenters. The molecule has 1 aromatic heterocycles. The van der Waals surface area contributed by atoms with Crippen molar-refractivity contribution < 1.29 is 53.1 Å². The molecule has 10 bridgehead atoms. The minimum absolute atomic E-state index is 0.00120. The van der Waals surface area contributed by atoms with E-state index in [9.17, 15) is 10.2 Å². The first-order valence-electron chi connectivity index (χ1n) is 36.8. The number of rotatable bonds is 8. The van der Waals surface area contributed by atoms with Gasteiger partial charge in [-0.05, 0) is 208 Å². The van der Waals surface area contributed by atoms with E-state index in [2.05, 4.69) is 109 Å². The number of benzene rings is 1. The van der Waals surface area contributed by atoms with Gasteiger partial charge in [-0.15, -0.1) is 0 Å². The van der Waals surface area contributed by atoms with E-state index in [1.165, 1.54) is 30.4 Å². The van der Waals surface area contributed by atoms with E-state index < -0.39 is 98.1 Å². The van der Waals surface area contributed by atoms with Crippen LogP contribution in [-0.4, -0.2) is 106 Å².